The Labute approximate surface area is 87.7 Å². The second kappa shape index (κ2) is 4.57. The van der Waals surface area contributed by atoms with Crippen LogP contribution >= 0.6 is 11.6 Å². The van der Waals surface area contributed by atoms with Crippen molar-refractivity contribution in [2.24, 2.45) is 0 Å². The minimum atomic E-state index is 0.392. The Balaban J connectivity index is 1.82. The van der Waals surface area contributed by atoms with Gasteiger partial charge >= 0.3 is 6.01 Å². The molecule has 0 spiro atoms. The summed E-state index contributed by atoms with van der Waals surface area (Å²) in [6, 6.07) is 0.831. The molecule has 1 aliphatic heterocycles. The summed E-state index contributed by atoms with van der Waals surface area (Å²) < 4.78 is 5.40. The summed E-state index contributed by atoms with van der Waals surface area (Å²) in [5.74, 6) is 0. The highest BCUT2D eigenvalue weighted by atomic mass is 35.5. The highest BCUT2D eigenvalue weighted by molar-refractivity contribution is 6.30. The topological polar surface area (TPSA) is 47.0 Å². The molecule has 1 unspecified atom stereocenters. The Bertz CT molecular complexity index is 285. The summed E-state index contributed by atoms with van der Waals surface area (Å²) in [6.07, 6.45) is 5.45. The zero-order valence-corrected chi connectivity index (χ0v) is 8.50. The maximum atomic E-state index is 5.65. The summed E-state index contributed by atoms with van der Waals surface area (Å²) >= 11 is 5.65. The van der Waals surface area contributed by atoms with Gasteiger partial charge in [-0.1, -0.05) is 11.6 Å². The van der Waals surface area contributed by atoms with E-state index in [2.05, 4.69) is 15.3 Å². The maximum Gasteiger partial charge on any atom is 0.316 e. The molecule has 0 bridgehead atoms. The van der Waals surface area contributed by atoms with Crippen LogP contribution in [0.15, 0.2) is 12.4 Å². The van der Waals surface area contributed by atoms with Crippen molar-refractivity contribution in [3.8, 4) is 6.01 Å². The van der Waals surface area contributed by atoms with Gasteiger partial charge in [0, 0.05) is 6.04 Å². The molecular formula is C9H12ClN3O. The predicted molar refractivity (Wildman–Crippen MR) is 53.6 cm³/mol. The van der Waals surface area contributed by atoms with Gasteiger partial charge in [0.15, 0.2) is 0 Å². The lowest BCUT2D eigenvalue weighted by molar-refractivity contribution is 0.257. The van der Waals surface area contributed by atoms with Crippen LogP contribution in [0, 0.1) is 0 Å². The van der Waals surface area contributed by atoms with Gasteiger partial charge in [-0.3, -0.25) is 0 Å². The molecule has 0 saturated carbocycles. The Hall–Kier alpha value is -0.870. The summed E-state index contributed by atoms with van der Waals surface area (Å²) in [5.41, 5.74) is 0. The van der Waals surface area contributed by atoms with E-state index in [1.165, 1.54) is 18.8 Å². The van der Waals surface area contributed by atoms with E-state index >= 15 is 0 Å². The molecule has 0 aliphatic carbocycles. The number of ether oxygens (including phenoxy) is 1. The Morgan fingerprint density at radius 2 is 2.29 bits per heavy atom. The first-order valence-electron chi connectivity index (χ1n) is 4.68. The van der Waals surface area contributed by atoms with Crippen LogP contribution in [0.3, 0.4) is 0 Å². The zero-order valence-electron chi connectivity index (χ0n) is 7.74. The second-order valence-corrected chi connectivity index (χ2v) is 3.72. The molecule has 0 aromatic carbocycles. The van der Waals surface area contributed by atoms with Crippen LogP contribution in [-0.4, -0.2) is 29.2 Å². The number of nitrogens with zero attached hydrogens (tertiary/aromatic N) is 2. The summed E-state index contributed by atoms with van der Waals surface area (Å²) in [5, 5.41) is 3.86. The van der Waals surface area contributed by atoms with Gasteiger partial charge in [0.1, 0.15) is 6.61 Å². The first kappa shape index (κ1) is 9.68. The normalized spacial score (nSPS) is 21.1. The third kappa shape index (κ3) is 2.56. The number of hydrogen-bond acceptors (Lipinski definition) is 4. The van der Waals surface area contributed by atoms with Gasteiger partial charge in [0.25, 0.3) is 0 Å². The van der Waals surface area contributed by atoms with Crippen LogP contribution in [-0.2, 0) is 0 Å². The molecule has 0 amide bonds. The van der Waals surface area contributed by atoms with Crippen LogP contribution in [0.2, 0.25) is 5.02 Å². The molecule has 76 valence electrons. The van der Waals surface area contributed by atoms with Gasteiger partial charge in [-0.25, -0.2) is 9.97 Å². The molecule has 5 heteroatoms. The van der Waals surface area contributed by atoms with Crippen molar-refractivity contribution in [3.63, 3.8) is 0 Å². The number of aromatic nitrogens is 2. The van der Waals surface area contributed by atoms with E-state index in [1.54, 1.807) is 0 Å². The van der Waals surface area contributed by atoms with Crippen LogP contribution in [0.1, 0.15) is 12.8 Å². The van der Waals surface area contributed by atoms with Gasteiger partial charge in [-0.05, 0) is 19.4 Å². The molecule has 14 heavy (non-hydrogen) atoms. The molecule has 1 atom stereocenters. The summed E-state index contributed by atoms with van der Waals surface area (Å²) in [4.78, 5) is 7.89. The lowest BCUT2D eigenvalue weighted by Crippen LogP contribution is -2.28. The van der Waals surface area contributed by atoms with Crippen LogP contribution in [0.25, 0.3) is 0 Å². The second-order valence-electron chi connectivity index (χ2n) is 3.29. The molecule has 0 radical (unpaired) electrons. The number of rotatable bonds is 3. The van der Waals surface area contributed by atoms with Crippen molar-refractivity contribution in [1.29, 1.82) is 0 Å². The smallest absolute Gasteiger partial charge is 0.316 e. The maximum absolute atomic E-state index is 5.65. The standard InChI is InChI=1S/C9H12ClN3O/c10-7-4-12-9(13-5-7)14-6-8-2-1-3-11-8/h4-5,8,11H,1-3,6H2. The van der Waals surface area contributed by atoms with Crippen molar-refractivity contribution in [3.05, 3.63) is 17.4 Å². The minimum Gasteiger partial charge on any atom is -0.462 e. The molecule has 4 nitrogen and oxygen atoms in total. The van der Waals surface area contributed by atoms with E-state index in [4.69, 9.17) is 16.3 Å². The zero-order chi connectivity index (χ0) is 9.80. The third-order valence-corrected chi connectivity index (χ3v) is 2.37. The van der Waals surface area contributed by atoms with Gasteiger partial charge in [0.2, 0.25) is 0 Å². The molecule has 2 rings (SSSR count). The summed E-state index contributed by atoms with van der Waals surface area (Å²) in [6.45, 7) is 1.71. The minimum absolute atomic E-state index is 0.392. The molecule has 1 aromatic rings. The van der Waals surface area contributed by atoms with E-state index in [0.717, 1.165) is 13.0 Å². The molecule has 1 N–H and O–H groups in total. The number of hydrogen-bond donors (Lipinski definition) is 1. The highest BCUT2D eigenvalue weighted by Gasteiger charge is 2.14. The van der Waals surface area contributed by atoms with Crippen LogP contribution in [0.4, 0.5) is 0 Å². The molecule has 2 heterocycles. The molecule has 1 fully saturated rings. The van der Waals surface area contributed by atoms with E-state index in [-0.39, 0.29) is 0 Å². The summed E-state index contributed by atoms with van der Waals surface area (Å²) in [7, 11) is 0. The highest BCUT2D eigenvalue weighted by Crippen LogP contribution is 2.09. The van der Waals surface area contributed by atoms with Gasteiger partial charge in [0.05, 0.1) is 17.4 Å². The van der Waals surface area contributed by atoms with E-state index in [9.17, 15) is 0 Å². The lowest BCUT2D eigenvalue weighted by atomic mass is 10.2. The van der Waals surface area contributed by atoms with E-state index < -0.39 is 0 Å². The number of nitrogens with one attached hydrogen (secondary N) is 1. The fraction of sp³-hybridized carbons (Fsp3) is 0.556. The SMILES string of the molecule is Clc1cnc(OCC2CCCN2)nc1. The molecule has 1 saturated heterocycles. The first-order valence-corrected chi connectivity index (χ1v) is 5.06. The monoisotopic (exact) mass is 213 g/mol. The quantitative estimate of drug-likeness (QED) is 0.821. The molecule has 1 aromatic heterocycles. The predicted octanol–water partition coefficient (Wildman–Crippen LogP) is 1.26. The lowest BCUT2D eigenvalue weighted by Gasteiger charge is -2.09. The average molecular weight is 214 g/mol. The Morgan fingerprint density at radius 1 is 1.50 bits per heavy atom. The van der Waals surface area contributed by atoms with E-state index in [1.807, 2.05) is 0 Å². The van der Waals surface area contributed by atoms with Gasteiger partial charge in [-0.15, -0.1) is 0 Å². The number of halogens is 1. The van der Waals surface area contributed by atoms with Gasteiger partial charge < -0.3 is 10.1 Å². The Kier molecular flexibility index (Phi) is 3.16. The fourth-order valence-corrected chi connectivity index (χ4v) is 1.55. The van der Waals surface area contributed by atoms with Crippen LogP contribution < -0.4 is 10.1 Å². The van der Waals surface area contributed by atoms with Crippen LogP contribution in [0.5, 0.6) is 6.01 Å². The fourth-order valence-electron chi connectivity index (χ4n) is 1.45. The molecular weight excluding hydrogens is 202 g/mol. The van der Waals surface area contributed by atoms with Crippen molar-refractivity contribution in [2.75, 3.05) is 13.2 Å². The molecule has 1 aliphatic rings. The van der Waals surface area contributed by atoms with Crippen molar-refractivity contribution < 1.29 is 4.74 Å². The van der Waals surface area contributed by atoms with Crippen molar-refractivity contribution >= 4 is 11.6 Å². The largest absolute Gasteiger partial charge is 0.462 e. The van der Waals surface area contributed by atoms with Crippen molar-refractivity contribution in [2.45, 2.75) is 18.9 Å². The third-order valence-electron chi connectivity index (χ3n) is 2.17. The van der Waals surface area contributed by atoms with Crippen molar-refractivity contribution in [1.82, 2.24) is 15.3 Å². The Morgan fingerprint density at radius 3 is 2.93 bits per heavy atom. The van der Waals surface area contributed by atoms with E-state index in [0.29, 0.717) is 23.7 Å². The average Bonchev–Trinajstić information content (AvgIpc) is 2.70. The first-order chi connectivity index (χ1) is 6.84. The van der Waals surface area contributed by atoms with Gasteiger partial charge in [-0.2, -0.15) is 0 Å².